The van der Waals surface area contributed by atoms with Crippen LogP contribution in [-0.2, 0) is 11.2 Å². The number of nitrogens with zero attached hydrogens (tertiary/aromatic N) is 2. The van der Waals surface area contributed by atoms with Crippen molar-refractivity contribution in [3.8, 4) is 11.3 Å². The second-order valence-electron chi connectivity index (χ2n) is 7.32. The zero-order valence-electron chi connectivity index (χ0n) is 15.3. The number of benzene rings is 1. The summed E-state index contributed by atoms with van der Waals surface area (Å²) < 4.78 is 2.10. The molecule has 1 amide bonds. The maximum atomic E-state index is 12.2. The van der Waals surface area contributed by atoms with Gasteiger partial charge in [-0.15, -0.1) is 11.3 Å². The lowest BCUT2D eigenvalue weighted by Gasteiger charge is -2.21. The van der Waals surface area contributed by atoms with E-state index in [2.05, 4.69) is 15.1 Å². The Morgan fingerprint density at radius 2 is 2.00 bits per heavy atom. The molecule has 1 aromatic carbocycles. The van der Waals surface area contributed by atoms with Crippen LogP contribution in [0.3, 0.4) is 0 Å². The van der Waals surface area contributed by atoms with Gasteiger partial charge >= 0.3 is 0 Å². The van der Waals surface area contributed by atoms with Crippen LogP contribution in [0.2, 0.25) is 5.02 Å². The molecule has 4 nitrogen and oxygen atoms in total. The van der Waals surface area contributed by atoms with Crippen molar-refractivity contribution in [2.45, 2.75) is 44.9 Å². The number of hydrogen-bond acceptors (Lipinski definition) is 3. The SMILES string of the molecule is O=C(CCc1csc2nc(-c3ccc(Cl)cc3)cn12)NCC1CCCCC1. The summed E-state index contributed by atoms with van der Waals surface area (Å²) in [5, 5.41) is 5.95. The molecular formula is C21H24ClN3OS. The summed E-state index contributed by atoms with van der Waals surface area (Å²) in [5.41, 5.74) is 3.11. The first-order valence-corrected chi connectivity index (χ1v) is 10.9. The maximum Gasteiger partial charge on any atom is 0.220 e. The molecule has 0 bridgehead atoms. The summed E-state index contributed by atoms with van der Waals surface area (Å²) in [7, 11) is 0. The van der Waals surface area contributed by atoms with Crippen LogP contribution in [0.1, 0.15) is 44.2 Å². The first kappa shape index (κ1) is 18.5. The average molecular weight is 402 g/mol. The van der Waals surface area contributed by atoms with Crippen LogP contribution in [0.4, 0.5) is 0 Å². The molecule has 0 radical (unpaired) electrons. The van der Waals surface area contributed by atoms with E-state index in [0.717, 1.165) is 39.9 Å². The zero-order chi connectivity index (χ0) is 18.6. The summed E-state index contributed by atoms with van der Waals surface area (Å²) in [5.74, 6) is 0.823. The van der Waals surface area contributed by atoms with E-state index < -0.39 is 0 Å². The zero-order valence-corrected chi connectivity index (χ0v) is 16.9. The average Bonchev–Trinajstić information content (AvgIpc) is 3.27. The lowest BCUT2D eigenvalue weighted by molar-refractivity contribution is -0.121. The van der Waals surface area contributed by atoms with Gasteiger partial charge in [0.1, 0.15) is 0 Å². The van der Waals surface area contributed by atoms with E-state index in [1.54, 1.807) is 11.3 Å². The third-order valence-electron chi connectivity index (χ3n) is 5.34. The van der Waals surface area contributed by atoms with Crippen LogP contribution in [0, 0.1) is 5.92 Å². The third kappa shape index (κ3) is 4.53. The minimum atomic E-state index is 0.151. The van der Waals surface area contributed by atoms with E-state index in [0.29, 0.717) is 12.3 Å². The Kier molecular flexibility index (Phi) is 5.79. The van der Waals surface area contributed by atoms with Crippen LogP contribution in [0.25, 0.3) is 16.2 Å². The summed E-state index contributed by atoms with van der Waals surface area (Å²) in [6.07, 6.45) is 9.78. The Balaban J connectivity index is 1.36. The van der Waals surface area contributed by atoms with Crippen molar-refractivity contribution in [1.29, 1.82) is 0 Å². The molecule has 27 heavy (non-hydrogen) atoms. The van der Waals surface area contributed by atoms with Crippen LogP contribution < -0.4 is 5.32 Å². The number of carbonyl (C=O) groups is 1. The molecule has 6 heteroatoms. The summed E-state index contributed by atoms with van der Waals surface area (Å²) in [4.78, 5) is 17.9. The predicted octanol–water partition coefficient (Wildman–Crippen LogP) is 5.35. The highest BCUT2D eigenvalue weighted by atomic mass is 35.5. The fraction of sp³-hybridized carbons (Fsp3) is 0.429. The number of aryl methyl sites for hydroxylation is 1. The van der Waals surface area contributed by atoms with Crippen LogP contribution >= 0.6 is 22.9 Å². The van der Waals surface area contributed by atoms with Crippen molar-refractivity contribution in [2.24, 2.45) is 5.92 Å². The monoisotopic (exact) mass is 401 g/mol. The number of imidazole rings is 1. The van der Waals surface area contributed by atoms with Gasteiger partial charge < -0.3 is 5.32 Å². The van der Waals surface area contributed by atoms with Crippen LogP contribution in [0.15, 0.2) is 35.8 Å². The highest BCUT2D eigenvalue weighted by molar-refractivity contribution is 7.15. The highest BCUT2D eigenvalue weighted by Crippen LogP contribution is 2.25. The molecule has 1 fully saturated rings. The van der Waals surface area contributed by atoms with E-state index >= 15 is 0 Å². The smallest absolute Gasteiger partial charge is 0.220 e. The second-order valence-corrected chi connectivity index (χ2v) is 8.59. The number of aromatic nitrogens is 2. The van der Waals surface area contributed by atoms with Gasteiger partial charge in [0.25, 0.3) is 0 Å². The molecular weight excluding hydrogens is 378 g/mol. The highest BCUT2D eigenvalue weighted by Gasteiger charge is 2.15. The van der Waals surface area contributed by atoms with Gasteiger partial charge in [-0.05, 0) is 37.3 Å². The number of carbonyl (C=O) groups excluding carboxylic acids is 1. The van der Waals surface area contributed by atoms with Gasteiger partial charge in [-0.2, -0.15) is 0 Å². The maximum absolute atomic E-state index is 12.2. The Labute approximate surface area is 168 Å². The molecule has 0 aliphatic heterocycles. The number of thiazole rings is 1. The van der Waals surface area contributed by atoms with Gasteiger partial charge in [0.15, 0.2) is 4.96 Å². The largest absolute Gasteiger partial charge is 0.356 e. The van der Waals surface area contributed by atoms with E-state index in [-0.39, 0.29) is 5.91 Å². The van der Waals surface area contributed by atoms with Gasteiger partial charge in [-0.1, -0.05) is 43.0 Å². The van der Waals surface area contributed by atoms with Crippen molar-refractivity contribution in [1.82, 2.24) is 14.7 Å². The number of rotatable bonds is 6. The Morgan fingerprint density at radius 1 is 1.22 bits per heavy atom. The second kappa shape index (κ2) is 8.44. The fourth-order valence-corrected chi connectivity index (χ4v) is 4.78. The first-order valence-electron chi connectivity index (χ1n) is 9.67. The first-order chi connectivity index (χ1) is 13.2. The molecule has 0 unspecified atom stereocenters. The van der Waals surface area contributed by atoms with Gasteiger partial charge in [0.2, 0.25) is 5.91 Å². The molecule has 2 heterocycles. The molecule has 0 atom stereocenters. The van der Waals surface area contributed by atoms with Crippen molar-refractivity contribution >= 4 is 33.8 Å². The topological polar surface area (TPSA) is 46.4 Å². The molecule has 142 valence electrons. The van der Waals surface area contributed by atoms with Gasteiger partial charge in [0, 0.05) is 40.8 Å². The molecule has 0 spiro atoms. The normalized spacial score (nSPS) is 15.3. The molecule has 1 aliphatic carbocycles. The number of hydrogen-bond donors (Lipinski definition) is 1. The van der Waals surface area contributed by atoms with Crippen molar-refractivity contribution in [3.63, 3.8) is 0 Å². The van der Waals surface area contributed by atoms with Gasteiger partial charge in [-0.25, -0.2) is 4.98 Å². The summed E-state index contributed by atoms with van der Waals surface area (Å²) >= 11 is 7.58. The van der Waals surface area contributed by atoms with E-state index in [4.69, 9.17) is 16.6 Å². The molecule has 4 rings (SSSR count). The minimum Gasteiger partial charge on any atom is -0.356 e. The lowest BCUT2D eigenvalue weighted by atomic mass is 9.89. The summed E-state index contributed by atoms with van der Waals surface area (Å²) in [6, 6.07) is 7.71. The molecule has 2 aromatic heterocycles. The van der Waals surface area contributed by atoms with Crippen molar-refractivity contribution < 1.29 is 4.79 Å². The molecule has 1 saturated carbocycles. The van der Waals surface area contributed by atoms with E-state index in [1.807, 2.05) is 30.5 Å². The van der Waals surface area contributed by atoms with Crippen LogP contribution in [-0.4, -0.2) is 21.8 Å². The van der Waals surface area contributed by atoms with E-state index in [9.17, 15) is 4.79 Å². The lowest BCUT2D eigenvalue weighted by Crippen LogP contribution is -2.30. The number of amides is 1. The molecule has 0 saturated heterocycles. The number of halogens is 1. The van der Waals surface area contributed by atoms with Gasteiger partial charge in [-0.3, -0.25) is 9.20 Å². The number of fused-ring (bicyclic) bond motifs is 1. The van der Waals surface area contributed by atoms with Gasteiger partial charge in [0.05, 0.1) is 5.69 Å². The van der Waals surface area contributed by atoms with E-state index in [1.165, 1.54) is 32.1 Å². The fourth-order valence-electron chi connectivity index (χ4n) is 3.75. The summed E-state index contributed by atoms with van der Waals surface area (Å²) in [6.45, 7) is 0.837. The Bertz CT molecular complexity index is 909. The van der Waals surface area contributed by atoms with Crippen LogP contribution in [0.5, 0.6) is 0 Å². The quantitative estimate of drug-likeness (QED) is 0.605. The molecule has 3 aromatic rings. The predicted molar refractivity (Wildman–Crippen MR) is 111 cm³/mol. The minimum absolute atomic E-state index is 0.151. The van der Waals surface area contributed by atoms with Crippen molar-refractivity contribution in [2.75, 3.05) is 6.54 Å². The third-order valence-corrected chi connectivity index (χ3v) is 6.48. The molecule has 1 aliphatic rings. The Hall–Kier alpha value is -1.85. The van der Waals surface area contributed by atoms with Crippen molar-refractivity contribution in [3.05, 3.63) is 46.6 Å². The number of nitrogens with one attached hydrogen (secondary N) is 1. The Morgan fingerprint density at radius 3 is 2.78 bits per heavy atom. The molecule has 1 N–H and O–H groups in total. The standard InChI is InChI=1S/C21H24ClN3OS/c22-17-8-6-16(7-9-17)19-13-25-18(14-27-21(25)24-19)10-11-20(26)23-12-15-4-2-1-3-5-15/h6-9,13-15H,1-5,10-12H2,(H,23,26).